The number of thiazole rings is 1. The highest BCUT2D eigenvalue weighted by Crippen LogP contribution is 2.31. The molecule has 0 amide bonds. The van der Waals surface area contributed by atoms with Crippen LogP contribution in [-0.2, 0) is 0 Å². The van der Waals surface area contributed by atoms with Crippen molar-refractivity contribution in [2.24, 2.45) is 0 Å². The summed E-state index contributed by atoms with van der Waals surface area (Å²) in [5.74, 6) is 0.892. The monoisotopic (exact) mass is 205 g/mol. The molecule has 0 spiro atoms. The quantitative estimate of drug-likeness (QED) is 0.762. The second-order valence-corrected chi connectivity index (χ2v) is 4.86. The molecule has 0 N–H and O–H groups in total. The van der Waals surface area contributed by atoms with Gasteiger partial charge in [-0.15, -0.1) is 11.3 Å². The highest BCUT2D eigenvalue weighted by Gasteiger charge is 2.09. The highest BCUT2D eigenvalue weighted by molar-refractivity contribution is 7.99. The van der Waals surface area contributed by atoms with Crippen LogP contribution in [-0.4, -0.2) is 17.0 Å². The van der Waals surface area contributed by atoms with E-state index < -0.39 is 0 Å². The van der Waals surface area contributed by atoms with Gasteiger partial charge >= 0.3 is 0 Å². The molecule has 1 heterocycles. The minimum atomic E-state index is 0.518. The van der Waals surface area contributed by atoms with Gasteiger partial charge < -0.3 is 0 Å². The van der Waals surface area contributed by atoms with Crippen LogP contribution < -0.4 is 0 Å². The minimum absolute atomic E-state index is 0.518. The highest BCUT2D eigenvalue weighted by atomic mass is 32.2. The summed E-state index contributed by atoms with van der Waals surface area (Å²) >= 11 is 7.87. The predicted molar refractivity (Wildman–Crippen MR) is 57.0 cm³/mol. The van der Waals surface area contributed by atoms with Crippen LogP contribution in [0.2, 0.25) is 0 Å². The summed E-state index contributed by atoms with van der Waals surface area (Å²) in [5.41, 5.74) is 0. The van der Waals surface area contributed by atoms with Gasteiger partial charge in [-0.05, 0) is 13.2 Å². The van der Waals surface area contributed by atoms with E-state index in [2.05, 4.69) is 23.9 Å². The summed E-state index contributed by atoms with van der Waals surface area (Å²) in [6, 6.07) is 0. The number of nitrogens with zero attached hydrogens (tertiary/aromatic N) is 1. The Kier molecular flexibility index (Phi) is 3.75. The Labute approximate surface area is 81.0 Å². The molecule has 0 aliphatic rings. The van der Waals surface area contributed by atoms with Crippen LogP contribution in [0.25, 0.3) is 0 Å². The fourth-order valence-corrected chi connectivity index (χ4v) is 3.22. The summed E-state index contributed by atoms with van der Waals surface area (Å²) in [4.78, 5) is 5.54. The molecule has 1 aromatic heterocycles. The zero-order chi connectivity index (χ0) is 8.27. The van der Waals surface area contributed by atoms with Crippen molar-refractivity contribution in [2.45, 2.75) is 12.2 Å². The summed E-state index contributed by atoms with van der Waals surface area (Å²) in [6.07, 6.45) is 4.06. The molecule has 0 bridgehead atoms. The van der Waals surface area contributed by atoms with E-state index in [1.807, 2.05) is 24.9 Å². The normalized spacial score (nSPS) is 13.4. The molecule has 1 unspecified atom stereocenters. The number of thiol groups is 1. The molecule has 1 nitrogen and oxygen atoms in total. The Bertz CT molecular complexity index is 217. The zero-order valence-electron chi connectivity index (χ0n) is 6.57. The third-order valence-electron chi connectivity index (χ3n) is 1.41. The first kappa shape index (κ1) is 9.42. The summed E-state index contributed by atoms with van der Waals surface area (Å²) in [7, 11) is 0. The molecule has 0 aliphatic heterocycles. The molecule has 0 radical (unpaired) electrons. The lowest BCUT2D eigenvalue weighted by molar-refractivity contribution is 1.15. The molecule has 0 aliphatic carbocycles. The van der Waals surface area contributed by atoms with E-state index in [9.17, 15) is 0 Å². The molecule has 11 heavy (non-hydrogen) atoms. The lowest BCUT2D eigenvalue weighted by Crippen LogP contribution is -1.90. The van der Waals surface area contributed by atoms with E-state index in [1.54, 1.807) is 11.3 Å². The molecule has 62 valence electrons. The van der Waals surface area contributed by atoms with Crippen molar-refractivity contribution in [3.05, 3.63) is 16.1 Å². The lowest BCUT2D eigenvalue weighted by Gasteiger charge is -2.06. The second kappa shape index (κ2) is 4.38. The largest absolute Gasteiger partial charge is 0.250 e. The van der Waals surface area contributed by atoms with E-state index in [0.29, 0.717) is 5.25 Å². The molecular formula is C7H11NS3. The van der Waals surface area contributed by atoms with Crippen LogP contribution in [0.3, 0.4) is 0 Å². The first-order chi connectivity index (χ1) is 5.27. The maximum absolute atomic E-state index is 4.27. The maximum atomic E-state index is 4.27. The van der Waals surface area contributed by atoms with Crippen LogP contribution in [0.5, 0.6) is 0 Å². The standard InChI is InChI=1S/C7H11NS3/c1-5-8-3-6(11-5)7(4-9)10-2/h3,7,9H,4H2,1-2H3. The van der Waals surface area contributed by atoms with Crippen molar-refractivity contribution in [3.63, 3.8) is 0 Å². The molecule has 0 saturated carbocycles. The van der Waals surface area contributed by atoms with Gasteiger partial charge in [-0.3, -0.25) is 0 Å². The summed E-state index contributed by atoms with van der Waals surface area (Å²) in [5, 5.41) is 1.66. The number of aryl methyl sites for hydroxylation is 1. The molecule has 4 heteroatoms. The fourth-order valence-electron chi connectivity index (χ4n) is 0.807. The first-order valence-electron chi connectivity index (χ1n) is 3.34. The number of thioether (sulfide) groups is 1. The summed E-state index contributed by atoms with van der Waals surface area (Å²) < 4.78 is 0. The Morgan fingerprint density at radius 1 is 1.82 bits per heavy atom. The molecule has 0 fully saturated rings. The van der Waals surface area contributed by atoms with Gasteiger partial charge in [0.1, 0.15) is 0 Å². The Morgan fingerprint density at radius 3 is 2.91 bits per heavy atom. The van der Waals surface area contributed by atoms with Crippen LogP contribution in [0, 0.1) is 6.92 Å². The second-order valence-electron chi connectivity index (χ2n) is 2.19. The van der Waals surface area contributed by atoms with E-state index >= 15 is 0 Å². The van der Waals surface area contributed by atoms with Gasteiger partial charge in [-0.25, -0.2) is 4.98 Å². The van der Waals surface area contributed by atoms with Crippen molar-refractivity contribution in [2.75, 3.05) is 12.0 Å². The number of hydrogen-bond donors (Lipinski definition) is 1. The Hall–Kier alpha value is 0.330. The fraction of sp³-hybridized carbons (Fsp3) is 0.571. The van der Waals surface area contributed by atoms with Gasteiger partial charge in [0.05, 0.1) is 5.01 Å². The molecule has 0 saturated heterocycles. The average Bonchev–Trinajstić information content (AvgIpc) is 2.39. The topological polar surface area (TPSA) is 12.9 Å². The Morgan fingerprint density at radius 2 is 2.55 bits per heavy atom. The van der Waals surface area contributed by atoms with Gasteiger partial charge in [-0.1, -0.05) is 0 Å². The van der Waals surface area contributed by atoms with E-state index in [-0.39, 0.29) is 0 Å². The SMILES string of the molecule is CSC(CS)c1cnc(C)s1. The molecule has 0 aromatic carbocycles. The van der Waals surface area contributed by atoms with Crippen molar-refractivity contribution in [3.8, 4) is 0 Å². The van der Waals surface area contributed by atoms with E-state index in [0.717, 1.165) is 10.8 Å². The van der Waals surface area contributed by atoms with Crippen molar-refractivity contribution in [1.82, 2.24) is 4.98 Å². The van der Waals surface area contributed by atoms with Gasteiger partial charge in [0, 0.05) is 22.1 Å². The average molecular weight is 205 g/mol. The molecular weight excluding hydrogens is 194 g/mol. The maximum Gasteiger partial charge on any atom is 0.0897 e. The van der Waals surface area contributed by atoms with Gasteiger partial charge in [-0.2, -0.15) is 24.4 Å². The number of rotatable bonds is 3. The van der Waals surface area contributed by atoms with Gasteiger partial charge in [0.2, 0.25) is 0 Å². The lowest BCUT2D eigenvalue weighted by atomic mass is 10.4. The van der Waals surface area contributed by atoms with E-state index in [4.69, 9.17) is 0 Å². The third kappa shape index (κ3) is 2.39. The number of hydrogen-bond acceptors (Lipinski definition) is 4. The number of aromatic nitrogens is 1. The first-order valence-corrected chi connectivity index (χ1v) is 6.07. The van der Waals surface area contributed by atoms with Crippen LogP contribution >= 0.6 is 35.7 Å². The van der Waals surface area contributed by atoms with Crippen molar-refractivity contribution < 1.29 is 0 Å². The van der Waals surface area contributed by atoms with Gasteiger partial charge in [0.15, 0.2) is 0 Å². The zero-order valence-corrected chi connectivity index (χ0v) is 9.10. The minimum Gasteiger partial charge on any atom is -0.250 e. The smallest absolute Gasteiger partial charge is 0.0897 e. The van der Waals surface area contributed by atoms with Crippen molar-refractivity contribution in [1.29, 1.82) is 0 Å². The van der Waals surface area contributed by atoms with Crippen LogP contribution in [0.15, 0.2) is 6.20 Å². The van der Waals surface area contributed by atoms with Crippen LogP contribution in [0.1, 0.15) is 15.1 Å². The predicted octanol–water partition coefficient (Wildman–Crippen LogP) is 2.79. The van der Waals surface area contributed by atoms with Crippen LogP contribution in [0.4, 0.5) is 0 Å². The molecule has 1 atom stereocenters. The summed E-state index contributed by atoms with van der Waals surface area (Å²) in [6.45, 7) is 2.03. The molecule has 1 rings (SSSR count). The Balaban J connectivity index is 2.73. The third-order valence-corrected chi connectivity index (χ3v) is 4.18. The van der Waals surface area contributed by atoms with E-state index in [1.165, 1.54) is 4.88 Å². The van der Waals surface area contributed by atoms with Crippen molar-refractivity contribution >= 4 is 35.7 Å². The molecule has 1 aromatic rings. The van der Waals surface area contributed by atoms with Gasteiger partial charge in [0.25, 0.3) is 0 Å².